The van der Waals surface area contributed by atoms with E-state index in [-0.39, 0.29) is 17.0 Å². The maximum absolute atomic E-state index is 11.7. The van der Waals surface area contributed by atoms with Gasteiger partial charge in [0.1, 0.15) is 11.6 Å². The van der Waals surface area contributed by atoms with Crippen LogP contribution in [0.25, 0.3) is 0 Å². The van der Waals surface area contributed by atoms with Crippen LogP contribution >= 0.6 is 0 Å². The molecule has 5 heteroatoms. The Kier molecular flexibility index (Phi) is 3.43. The van der Waals surface area contributed by atoms with E-state index in [0.717, 1.165) is 31.3 Å². The largest absolute Gasteiger partial charge is 0.349 e. The van der Waals surface area contributed by atoms with Crippen molar-refractivity contribution in [2.75, 3.05) is 24.5 Å². The Morgan fingerprint density at radius 1 is 1.44 bits per heavy atom. The van der Waals surface area contributed by atoms with Crippen LogP contribution in [-0.2, 0) is 0 Å². The molecule has 0 spiro atoms. The summed E-state index contributed by atoms with van der Waals surface area (Å²) in [6.07, 6.45) is 0. The van der Waals surface area contributed by atoms with Gasteiger partial charge in [-0.15, -0.1) is 0 Å². The van der Waals surface area contributed by atoms with Gasteiger partial charge in [0.05, 0.1) is 0 Å². The van der Waals surface area contributed by atoms with Gasteiger partial charge in [-0.1, -0.05) is 13.8 Å². The summed E-state index contributed by atoms with van der Waals surface area (Å²) in [5.74, 6) is 1.77. The van der Waals surface area contributed by atoms with E-state index in [0.29, 0.717) is 0 Å². The maximum Gasteiger partial charge on any atom is 0.252 e. The van der Waals surface area contributed by atoms with Gasteiger partial charge in [0.25, 0.3) is 5.56 Å². The first kappa shape index (κ1) is 13.1. The van der Waals surface area contributed by atoms with E-state index in [1.54, 1.807) is 6.07 Å². The van der Waals surface area contributed by atoms with Crippen LogP contribution in [0.1, 0.15) is 39.4 Å². The van der Waals surface area contributed by atoms with Gasteiger partial charge >= 0.3 is 0 Å². The van der Waals surface area contributed by atoms with Crippen molar-refractivity contribution < 1.29 is 0 Å². The predicted molar refractivity (Wildman–Crippen MR) is 73.2 cm³/mol. The smallest absolute Gasteiger partial charge is 0.252 e. The Bertz CT molecular complexity index is 478. The average Bonchev–Trinajstić information content (AvgIpc) is 2.27. The van der Waals surface area contributed by atoms with E-state index < -0.39 is 0 Å². The summed E-state index contributed by atoms with van der Waals surface area (Å²) in [7, 11) is 0. The molecular weight excluding hydrogens is 228 g/mol. The van der Waals surface area contributed by atoms with Gasteiger partial charge in [0.2, 0.25) is 0 Å². The zero-order chi connectivity index (χ0) is 13.3. The lowest BCUT2D eigenvalue weighted by Crippen LogP contribution is -2.58. The lowest BCUT2D eigenvalue weighted by atomic mass is 10.0. The fourth-order valence-electron chi connectivity index (χ4n) is 2.28. The molecule has 0 bridgehead atoms. The molecule has 1 aliphatic rings. The lowest BCUT2D eigenvalue weighted by molar-refractivity contribution is 0.377. The van der Waals surface area contributed by atoms with Crippen molar-refractivity contribution in [3.8, 4) is 0 Å². The van der Waals surface area contributed by atoms with E-state index >= 15 is 0 Å². The first-order valence-electron chi connectivity index (χ1n) is 6.50. The molecule has 1 fully saturated rings. The summed E-state index contributed by atoms with van der Waals surface area (Å²) in [6.45, 7) is 11.1. The summed E-state index contributed by atoms with van der Waals surface area (Å²) in [5.41, 5.74) is -0.0918. The highest BCUT2D eigenvalue weighted by atomic mass is 16.1. The van der Waals surface area contributed by atoms with Gasteiger partial charge in [-0.05, 0) is 13.8 Å². The van der Waals surface area contributed by atoms with E-state index in [9.17, 15) is 4.79 Å². The molecule has 2 heterocycles. The number of rotatable bonds is 2. The molecular formula is C13H22N4O. The molecule has 0 unspecified atom stereocenters. The van der Waals surface area contributed by atoms with E-state index in [4.69, 9.17) is 0 Å². The monoisotopic (exact) mass is 250 g/mol. The Labute approximate surface area is 108 Å². The van der Waals surface area contributed by atoms with E-state index in [2.05, 4.69) is 34.0 Å². The van der Waals surface area contributed by atoms with Crippen LogP contribution in [0.15, 0.2) is 10.9 Å². The number of hydrogen-bond acceptors (Lipinski definition) is 4. The van der Waals surface area contributed by atoms with Crippen LogP contribution in [0.3, 0.4) is 0 Å². The molecule has 1 saturated heterocycles. The second-order valence-electron chi connectivity index (χ2n) is 5.78. The maximum atomic E-state index is 11.7. The summed E-state index contributed by atoms with van der Waals surface area (Å²) in [5, 5.41) is 3.37. The Hall–Kier alpha value is -1.36. The minimum atomic E-state index is -0.0713. The molecule has 1 aliphatic heterocycles. The van der Waals surface area contributed by atoms with Gasteiger partial charge in [-0.2, -0.15) is 0 Å². The molecule has 0 atom stereocenters. The van der Waals surface area contributed by atoms with Gasteiger partial charge in [-0.3, -0.25) is 4.79 Å². The zero-order valence-corrected chi connectivity index (χ0v) is 11.6. The molecule has 0 radical (unpaired) electrons. The highest BCUT2D eigenvalue weighted by Gasteiger charge is 2.31. The molecule has 100 valence electrons. The number of anilines is 1. The predicted octanol–water partition coefficient (Wildman–Crippen LogP) is 1.08. The van der Waals surface area contributed by atoms with Crippen LogP contribution in [0.5, 0.6) is 0 Å². The third-order valence-electron chi connectivity index (χ3n) is 3.37. The molecule has 0 aromatic carbocycles. The number of nitrogens with one attached hydrogen (secondary N) is 2. The number of piperazine rings is 1. The highest BCUT2D eigenvalue weighted by molar-refractivity contribution is 5.42. The number of nitrogens with zero attached hydrogens (tertiary/aromatic N) is 2. The third kappa shape index (κ3) is 2.56. The van der Waals surface area contributed by atoms with Crippen LogP contribution in [-0.4, -0.2) is 35.1 Å². The molecule has 0 saturated carbocycles. The second kappa shape index (κ2) is 4.72. The van der Waals surface area contributed by atoms with Gasteiger partial charge in [0, 0.05) is 37.2 Å². The molecule has 1 aromatic heterocycles. The summed E-state index contributed by atoms with van der Waals surface area (Å²) >= 11 is 0. The molecule has 2 rings (SSSR count). The topological polar surface area (TPSA) is 61.0 Å². The van der Waals surface area contributed by atoms with Crippen LogP contribution < -0.4 is 15.8 Å². The first-order valence-corrected chi connectivity index (χ1v) is 6.50. The van der Waals surface area contributed by atoms with Crippen molar-refractivity contribution >= 4 is 5.82 Å². The standard InChI is InChI=1S/C13H22N4O/c1-9(2)12-15-10(7-11(18)16-12)17-6-5-14-8-13(17,3)4/h7,9,14H,5-6,8H2,1-4H3,(H,15,16,18). The fourth-order valence-corrected chi connectivity index (χ4v) is 2.28. The number of H-pyrrole nitrogens is 1. The van der Waals surface area contributed by atoms with Crippen LogP contribution in [0, 0.1) is 0 Å². The van der Waals surface area contributed by atoms with Crippen molar-refractivity contribution in [3.05, 3.63) is 22.2 Å². The summed E-state index contributed by atoms with van der Waals surface area (Å²) in [6, 6.07) is 1.60. The summed E-state index contributed by atoms with van der Waals surface area (Å²) in [4.78, 5) is 21.3. The van der Waals surface area contributed by atoms with Crippen LogP contribution in [0.4, 0.5) is 5.82 Å². The molecule has 0 aliphatic carbocycles. The van der Waals surface area contributed by atoms with Gasteiger partial charge in [-0.25, -0.2) is 4.98 Å². The molecule has 2 N–H and O–H groups in total. The van der Waals surface area contributed by atoms with Crippen molar-refractivity contribution in [2.45, 2.75) is 39.2 Å². The van der Waals surface area contributed by atoms with Crippen LogP contribution in [0.2, 0.25) is 0 Å². The molecule has 1 aromatic rings. The van der Waals surface area contributed by atoms with Gasteiger partial charge in [0.15, 0.2) is 0 Å². The Morgan fingerprint density at radius 2 is 2.17 bits per heavy atom. The average molecular weight is 250 g/mol. The fraction of sp³-hybridized carbons (Fsp3) is 0.692. The normalized spacial score (nSPS) is 19.3. The highest BCUT2D eigenvalue weighted by Crippen LogP contribution is 2.23. The Balaban J connectivity index is 2.40. The number of aromatic nitrogens is 2. The van der Waals surface area contributed by atoms with E-state index in [1.807, 2.05) is 13.8 Å². The van der Waals surface area contributed by atoms with Gasteiger partial charge < -0.3 is 15.2 Å². The van der Waals surface area contributed by atoms with Crippen molar-refractivity contribution in [1.29, 1.82) is 0 Å². The molecule has 5 nitrogen and oxygen atoms in total. The van der Waals surface area contributed by atoms with E-state index in [1.165, 1.54) is 0 Å². The number of hydrogen-bond donors (Lipinski definition) is 2. The first-order chi connectivity index (χ1) is 8.40. The SMILES string of the molecule is CC(C)c1nc(N2CCNCC2(C)C)cc(=O)[nH]1. The third-order valence-corrected chi connectivity index (χ3v) is 3.37. The second-order valence-corrected chi connectivity index (χ2v) is 5.78. The number of aromatic amines is 1. The minimum absolute atomic E-state index is 0.0205. The summed E-state index contributed by atoms with van der Waals surface area (Å²) < 4.78 is 0. The zero-order valence-electron chi connectivity index (χ0n) is 11.6. The minimum Gasteiger partial charge on any atom is -0.349 e. The van der Waals surface area contributed by atoms with Crippen molar-refractivity contribution in [1.82, 2.24) is 15.3 Å². The molecule has 0 amide bonds. The Morgan fingerprint density at radius 3 is 2.78 bits per heavy atom. The van der Waals surface area contributed by atoms with Crippen molar-refractivity contribution in [2.24, 2.45) is 0 Å². The van der Waals surface area contributed by atoms with Crippen molar-refractivity contribution in [3.63, 3.8) is 0 Å². The molecule has 18 heavy (non-hydrogen) atoms. The lowest BCUT2D eigenvalue weighted by Gasteiger charge is -2.43. The quantitative estimate of drug-likeness (QED) is 0.824.